The lowest BCUT2D eigenvalue weighted by Crippen LogP contribution is -2.55. The summed E-state index contributed by atoms with van der Waals surface area (Å²) in [5.41, 5.74) is 4.41. The molecule has 1 saturated heterocycles. The van der Waals surface area contributed by atoms with Gasteiger partial charge in [-0.15, -0.1) is 0 Å². The van der Waals surface area contributed by atoms with Crippen LogP contribution in [0.1, 0.15) is 56.8 Å². The summed E-state index contributed by atoms with van der Waals surface area (Å²) in [4.78, 5) is 53.8. The standard InChI is InChI=1S/C21H16ClF3N4O4/c22-12-2-1-7-27-16(12)15(21(23,24)25)17-11-8-9(18(26)31)3-4-10(11)20(33)29(17)13-5-6-14(30)28-19(13)32/h1-4,7-8,13,15,17H,5-6H2,(H2,26,31)(H,28,30,32)/t13-,15+,17?/m1/s1. The van der Waals surface area contributed by atoms with E-state index in [1.807, 2.05) is 0 Å². The third kappa shape index (κ3) is 3.92. The second-order valence-electron chi connectivity index (χ2n) is 7.68. The van der Waals surface area contributed by atoms with Crippen molar-refractivity contribution in [3.63, 3.8) is 0 Å². The van der Waals surface area contributed by atoms with Gasteiger partial charge in [-0.2, -0.15) is 13.2 Å². The van der Waals surface area contributed by atoms with Gasteiger partial charge in [-0.3, -0.25) is 29.5 Å². The number of carbonyl (C=O) groups is 4. The fraction of sp³-hybridized carbons (Fsp3) is 0.286. The SMILES string of the molecule is NC(=O)c1ccc2c(c1)C([C@H](c1ncccc1Cl)C(F)(F)F)N([C@@H]1CCC(=O)NC1=O)C2=O. The molecule has 4 amide bonds. The maximum absolute atomic E-state index is 14.5. The van der Waals surface area contributed by atoms with Crippen LogP contribution >= 0.6 is 11.6 Å². The number of hydrogen-bond acceptors (Lipinski definition) is 5. The molecule has 1 unspecified atom stereocenters. The fourth-order valence-electron chi connectivity index (χ4n) is 4.30. The molecule has 0 aliphatic carbocycles. The average molecular weight is 481 g/mol. The smallest absolute Gasteiger partial charge is 0.366 e. The van der Waals surface area contributed by atoms with Gasteiger partial charge in [0.15, 0.2) is 0 Å². The minimum atomic E-state index is -4.95. The van der Waals surface area contributed by atoms with E-state index < -0.39 is 53.5 Å². The number of fused-ring (bicyclic) bond motifs is 1. The van der Waals surface area contributed by atoms with E-state index in [1.165, 1.54) is 24.3 Å². The monoisotopic (exact) mass is 480 g/mol. The van der Waals surface area contributed by atoms with Crippen molar-refractivity contribution in [2.75, 3.05) is 0 Å². The first-order valence-corrected chi connectivity index (χ1v) is 10.2. The Bertz CT molecular complexity index is 1190. The minimum Gasteiger partial charge on any atom is -0.366 e. The highest BCUT2D eigenvalue weighted by atomic mass is 35.5. The lowest BCUT2D eigenvalue weighted by Gasteiger charge is -2.38. The second-order valence-corrected chi connectivity index (χ2v) is 8.09. The van der Waals surface area contributed by atoms with Crippen molar-refractivity contribution in [3.05, 3.63) is 63.9 Å². The van der Waals surface area contributed by atoms with Gasteiger partial charge in [-0.05, 0) is 42.3 Å². The number of benzene rings is 1. The Kier molecular flexibility index (Phi) is 5.61. The molecule has 3 atom stereocenters. The number of primary amides is 1. The first-order chi connectivity index (χ1) is 15.5. The average Bonchev–Trinajstić information content (AvgIpc) is 3.00. The van der Waals surface area contributed by atoms with Crippen molar-refractivity contribution in [1.29, 1.82) is 0 Å². The van der Waals surface area contributed by atoms with Gasteiger partial charge in [-0.25, -0.2) is 0 Å². The molecule has 1 aromatic heterocycles. The van der Waals surface area contributed by atoms with Crippen molar-refractivity contribution in [2.24, 2.45) is 5.73 Å². The van der Waals surface area contributed by atoms with E-state index in [9.17, 15) is 32.3 Å². The summed E-state index contributed by atoms with van der Waals surface area (Å²) in [7, 11) is 0. The quantitative estimate of drug-likeness (QED) is 0.651. The van der Waals surface area contributed by atoms with Gasteiger partial charge in [0, 0.05) is 23.7 Å². The highest BCUT2D eigenvalue weighted by molar-refractivity contribution is 6.31. The predicted molar refractivity (Wildman–Crippen MR) is 108 cm³/mol. The van der Waals surface area contributed by atoms with Crippen molar-refractivity contribution in [3.8, 4) is 0 Å². The Hall–Kier alpha value is -3.47. The molecule has 2 aliphatic heterocycles. The topological polar surface area (TPSA) is 122 Å². The number of amides is 4. The van der Waals surface area contributed by atoms with Gasteiger partial charge < -0.3 is 10.6 Å². The summed E-state index contributed by atoms with van der Waals surface area (Å²) in [6.07, 6.45) is -4.14. The molecule has 2 aliphatic rings. The van der Waals surface area contributed by atoms with Crippen molar-refractivity contribution >= 4 is 35.2 Å². The fourth-order valence-corrected chi connectivity index (χ4v) is 4.54. The van der Waals surface area contributed by atoms with Crippen molar-refractivity contribution in [1.82, 2.24) is 15.2 Å². The number of halogens is 4. The molecule has 0 saturated carbocycles. The van der Waals surface area contributed by atoms with E-state index in [1.54, 1.807) is 0 Å². The predicted octanol–water partition coefficient (Wildman–Crippen LogP) is 2.48. The molecular weight excluding hydrogens is 465 g/mol. The summed E-state index contributed by atoms with van der Waals surface area (Å²) in [6, 6.07) is 3.00. The Balaban J connectivity index is 1.95. The van der Waals surface area contributed by atoms with Gasteiger partial charge in [-0.1, -0.05) is 11.6 Å². The van der Waals surface area contributed by atoms with Crippen LogP contribution in [0, 0.1) is 0 Å². The lowest BCUT2D eigenvalue weighted by atomic mass is 9.87. The minimum absolute atomic E-state index is 0.107. The third-order valence-corrected chi connectivity index (χ3v) is 6.03. The first-order valence-electron chi connectivity index (χ1n) is 9.78. The maximum atomic E-state index is 14.5. The van der Waals surface area contributed by atoms with Gasteiger partial charge in [0.05, 0.1) is 16.8 Å². The molecule has 33 heavy (non-hydrogen) atoms. The summed E-state index contributed by atoms with van der Waals surface area (Å²) >= 11 is 6.07. The second kappa shape index (κ2) is 8.14. The first kappa shape index (κ1) is 22.7. The summed E-state index contributed by atoms with van der Waals surface area (Å²) in [5.74, 6) is -5.65. The largest absolute Gasteiger partial charge is 0.399 e. The van der Waals surface area contributed by atoms with Gasteiger partial charge >= 0.3 is 6.18 Å². The number of rotatable bonds is 4. The van der Waals surface area contributed by atoms with Crippen LogP contribution in [0.4, 0.5) is 13.2 Å². The van der Waals surface area contributed by atoms with Gasteiger partial charge in [0.2, 0.25) is 17.7 Å². The Labute approximate surface area is 189 Å². The zero-order valence-corrected chi connectivity index (χ0v) is 17.5. The molecule has 3 N–H and O–H groups in total. The van der Waals surface area contributed by atoms with Crippen LogP contribution < -0.4 is 11.1 Å². The van der Waals surface area contributed by atoms with Crippen LogP contribution in [-0.4, -0.2) is 45.7 Å². The summed E-state index contributed by atoms with van der Waals surface area (Å²) in [5, 5.41) is 1.78. The number of nitrogens with two attached hydrogens (primary N) is 1. The van der Waals surface area contributed by atoms with Crippen molar-refractivity contribution in [2.45, 2.75) is 37.0 Å². The van der Waals surface area contributed by atoms with E-state index in [-0.39, 0.29) is 34.6 Å². The number of pyridine rings is 1. The highest BCUT2D eigenvalue weighted by Crippen LogP contribution is 2.52. The van der Waals surface area contributed by atoms with Gasteiger partial charge in [0.25, 0.3) is 5.91 Å². The van der Waals surface area contributed by atoms with Crippen LogP contribution in [0.15, 0.2) is 36.5 Å². The zero-order valence-electron chi connectivity index (χ0n) is 16.7. The third-order valence-electron chi connectivity index (χ3n) is 5.72. The van der Waals surface area contributed by atoms with Crippen LogP contribution in [0.5, 0.6) is 0 Å². The van der Waals surface area contributed by atoms with Crippen LogP contribution in [-0.2, 0) is 9.59 Å². The van der Waals surface area contributed by atoms with E-state index in [0.717, 1.165) is 17.2 Å². The van der Waals surface area contributed by atoms with Crippen LogP contribution in [0.2, 0.25) is 5.02 Å². The highest BCUT2D eigenvalue weighted by Gasteiger charge is 2.57. The van der Waals surface area contributed by atoms with E-state index in [4.69, 9.17) is 17.3 Å². The number of alkyl halides is 3. The molecule has 8 nitrogen and oxygen atoms in total. The number of imide groups is 1. The van der Waals surface area contributed by atoms with Crippen LogP contribution in [0.25, 0.3) is 0 Å². The maximum Gasteiger partial charge on any atom is 0.399 e. The molecule has 1 fully saturated rings. The Morgan fingerprint density at radius 2 is 1.97 bits per heavy atom. The number of carbonyl (C=O) groups excluding carboxylic acids is 4. The Morgan fingerprint density at radius 3 is 2.58 bits per heavy atom. The molecule has 1 aromatic carbocycles. The summed E-state index contributed by atoms with van der Waals surface area (Å²) < 4.78 is 43.6. The number of piperidine rings is 1. The molecule has 12 heteroatoms. The molecule has 0 spiro atoms. The normalized spacial score (nSPS) is 21.6. The van der Waals surface area contributed by atoms with Crippen LogP contribution in [0.3, 0.4) is 0 Å². The molecule has 172 valence electrons. The molecule has 2 aromatic rings. The van der Waals surface area contributed by atoms with Gasteiger partial charge in [0.1, 0.15) is 12.0 Å². The van der Waals surface area contributed by atoms with E-state index in [2.05, 4.69) is 10.3 Å². The van der Waals surface area contributed by atoms with Crippen molar-refractivity contribution < 1.29 is 32.3 Å². The number of hydrogen-bond donors (Lipinski definition) is 2. The molecule has 0 bridgehead atoms. The number of nitrogens with one attached hydrogen (secondary N) is 1. The molecule has 0 radical (unpaired) electrons. The lowest BCUT2D eigenvalue weighted by molar-refractivity contribution is -0.167. The molecule has 4 rings (SSSR count). The number of nitrogens with zero attached hydrogens (tertiary/aromatic N) is 2. The van der Waals surface area contributed by atoms with E-state index >= 15 is 0 Å². The molecule has 3 heterocycles. The number of aromatic nitrogens is 1. The zero-order chi connectivity index (χ0) is 24.1. The Morgan fingerprint density at radius 1 is 1.24 bits per heavy atom. The molecular formula is C21H16ClF3N4O4. The summed E-state index contributed by atoms with van der Waals surface area (Å²) in [6.45, 7) is 0. The van der Waals surface area contributed by atoms with E-state index in [0.29, 0.717) is 0 Å².